The molecule has 2 aromatic rings. The molecule has 4 rings (SSSR count). The molecule has 0 aromatic heterocycles. The van der Waals surface area contributed by atoms with Gasteiger partial charge < -0.3 is 9.47 Å². The highest BCUT2D eigenvalue weighted by atomic mass is 16.6. The lowest BCUT2D eigenvalue weighted by atomic mass is 9.86. The van der Waals surface area contributed by atoms with E-state index in [0.717, 1.165) is 5.75 Å². The van der Waals surface area contributed by atoms with Crippen LogP contribution < -0.4 is 10.1 Å². The van der Waals surface area contributed by atoms with Gasteiger partial charge in [0, 0.05) is 5.56 Å². The molecule has 0 spiro atoms. The number of fused-ring (bicyclic) bond motifs is 1. The fourth-order valence-electron chi connectivity index (χ4n) is 2.87. The van der Waals surface area contributed by atoms with Gasteiger partial charge in [0.15, 0.2) is 5.72 Å². The van der Waals surface area contributed by atoms with E-state index < -0.39 is 0 Å². The lowest BCUT2D eigenvalue weighted by molar-refractivity contribution is 0.258. The number of hydrogen-bond acceptors (Lipinski definition) is 3. The van der Waals surface area contributed by atoms with Gasteiger partial charge in [-0.1, -0.05) is 42.5 Å². The fraction of sp³-hybridized carbons (Fsp3) is 0.250. The third-order valence-electron chi connectivity index (χ3n) is 4.01. The van der Waals surface area contributed by atoms with Crippen molar-refractivity contribution < 1.29 is 9.47 Å². The van der Waals surface area contributed by atoms with Gasteiger partial charge in [0.2, 0.25) is 0 Å². The fourth-order valence-corrected chi connectivity index (χ4v) is 2.87. The molecule has 0 bridgehead atoms. The molecule has 2 saturated heterocycles. The van der Waals surface area contributed by atoms with Crippen LogP contribution in [0.3, 0.4) is 0 Å². The van der Waals surface area contributed by atoms with Crippen molar-refractivity contribution in [3.8, 4) is 5.75 Å². The predicted octanol–water partition coefficient (Wildman–Crippen LogP) is 2.59. The van der Waals surface area contributed by atoms with Crippen molar-refractivity contribution >= 4 is 0 Å². The first-order chi connectivity index (χ1) is 9.33. The maximum atomic E-state index is 5.89. The highest BCUT2D eigenvalue weighted by molar-refractivity contribution is 5.41. The Kier molecular flexibility index (Phi) is 2.22. The van der Waals surface area contributed by atoms with Gasteiger partial charge in [-0.2, -0.15) is 0 Å². The van der Waals surface area contributed by atoms with Crippen LogP contribution in [0.25, 0.3) is 0 Å². The van der Waals surface area contributed by atoms with Crippen LogP contribution in [0.5, 0.6) is 5.75 Å². The molecular weight excluding hydrogens is 238 g/mol. The van der Waals surface area contributed by atoms with E-state index in [1.807, 2.05) is 18.2 Å². The third kappa shape index (κ3) is 1.52. The molecule has 19 heavy (non-hydrogen) atoms. The highest BCUT2D eigenvalue weighted by Gasteiger charge is 2.71. The van der Waals surface area contributed by atoms with Gasteiger partial charge in [-0.25, -0.2) is 0 Å². The number of methoxy groups -OCH3 is 1. The number of rotatable bonds is 3. The number of epoxide rings is 1. The molecule has 3 heteroatoms. The minimum absolute atomic E-state index is 0.253. The maximum absolute atomic E-state index is 5.89. The molecule has 1 N–H and O–H groups in total. The Morgan fingerprint density at radius 1 is 1.05 bits per heavy atom. The van der Waals surface area contributed by atoms with E-state index in [1.54, 1.807) is 7.11 Å². The average Bonchev–Trinajstić information content (AvgIpc) is 3.06. The summed E-state index contributed by atoms with van der Waals surface area (Å²) in [4.78, 5) is 0. The smallest absolute Gasteiger partial charge is 0.174 e. The van der Waals surface area contributed by atoms with Crippen molar-refractivity contribution in [1.29, 1.82) is 0 Å². The van der Waals surface area contributed by atoms with Crippen LogP contribution >= 0.6 is 0 Å². The van der Waals surface area contributed by atoms with Gasteiger partial charge >= 0.3 is 0 Å². The lowest BCUT2D eigenvalue weighted by Crippen LogP contribution is -2.49. The number of ether oxygens (including phenoxy) is 2. The summed E-state index contributed by atoms with van der Waals surface area (Å²) >= 11 is 0. The zero-order valence-electron chi connectivity index (χ0n) is 10.7. The van der Waals surface area contributed by atoms with Crippen molar-refractivity contribution in [2.24, 2.45) is 0 Å². The third-order valence-corrected chi connectivity index (χ3v) is 4.01. The first-order valence-electron chi connectivity index (χ1n) is 6.48. The summed E-state index contributed by atoms with van der Waals surface area (Å²) < 4.78 is 11.1. The van der Waals surface area contributed by atoms with Gasteiger partial charge in [-0.05, 0) is 17.7 Å². The molecule has 1 unspecified atom stereocenters. The largest absolute Gasteiger partial charge is 0.497 e. The second-order valence-electron chi connectivity index (χ2n) is 5.04. The monoisotopic (exact) mass is 253 g/mol. The topological polar surface area (TPSA) is 33.8 Å². The molecule has 2 aliphatic rings. The second kappa shape index (κ2) is 3.83. The standard InChI is InChI=1S/C16H15NO2/c1-18-13-9-7-12(8-10-13)16-15(19-16)14(17-16)11-5-3-2-4-6-11/h2-10,14-15,17H,1H3/t14-,15-,16?/m0/s1. The number of hydrogen-bond donors (Lipinski definition) is 1. The molecule has 2 aromatic carbocycles. The summed E-state index contributed by atoms with van der Waals surface area (Å²) in [6.45, 7) is 0. The van der Waals surface area contributed by atoms with Crippen molar-refractivity contribution in [2.45, 2.75) is 17.9 Å². The molecule has 0 aliphatic carbocycles. The van der Waals surface area contributed by atoms with Gasteiger partial charge in [-0.15, -0.1) is 0 Å². The zero-order chi connectivity index (χ0) is 12.9. The summed E-state index contributed by atoms with van der Waals surface area (Å²) in [6, 6.07) is 18.8. The first kappa shape index (κ1) is 11.0. The Balaban J connectivity index is 1.54. The van der Waals surface area contributed by atoms with E-state index in [-0.39, 0.29) is 11.8 Å². The average molecular weight is 253 g/mol. The van der Waals surface area contributed by atoms with E-state index in [2.05, 4.69) is 41.7 Å². The SMILES string of the molecule is COc1ccc(C23N[C@@H](c4ccccc4)[C@@H]2O3)cc1. The van der Waals surface area contributed by atoms with Crippen molar-refractivity contribution in [3.05, 3.63) is 65.7 Å². The van der Waals surface area contributed by atoms with Crippen LogP contribution in [0.4, 0.5) is 0 Å². The molecule has 0 amide bonds. The Hall–Kier alpha value is -1.84. The summed E-state index contributed by atoms with van der Waals surface area (Å²) in [5.41, 5.74) is 2.20. The van der Waals surface area contributed by atoms with E-state index in [9.17, 15) is 0 Å². The van der Waals surface area contributed by atoms with E-state index in [4.69, 9.17) is 9.47 Å². The molecule has 0 saturated carbocycles. The van der Waals surface area contributed by atoms with Crippen molar-refractivity contribution in [2.75, 3.05) is 7.11 Å². The normalized spacial score (nSPS) is 31.2. The first-order valence-corrected chi connectivity index (χ1v) is 6.48. The van der Waals surface area contributed by atoms with Crippen molar-refractivity contribution in [1.82, 2.24) is 5.32 Å². The molecule has 2 heterocycles. The van der Waals surface area contributed by atoms with Crippen LogP contribution in [-0.4, -0.2) is 13.2 Å². The number of benzene rings is 2. The Morgan fingerprint density at radius 2 is 1.79 bits per heavy atom. The molecular formula is C16H15NO2. The molecule has 2 aliphatic heterocycles. The van der Waals surface area contributed by atoms with Gasteiger partial charge in [0.25, 0.3) is 0 Å². The quantitative estimate of drug-likeness (QED) is 0.854. The van der Waals surface area contributed by atoms with Crippen LogP contribution in [0, 0.1) is 0 Å². The molecule has 96 valence electrons. The second-order valence-corrected chi connectivity index (χ2v) is 5.04. The van der Waals surface area contributed by atoms with E-state index in [1.165, 1.54) is 11.1 Å². The maximum Gasteiger partial charge on any atom is 0.174 e. The summed E-state index contributed by atoms with van der Waals surface area (Å²) in [5, 5.41) is 3.54. The Bertz CT molecular complexity index is 596. The highest BCUT2D eigenvalue weighted by Crippen LogP contribution is 2.59. The summed E-state index contributed by atoms with van der Waals surface area (Å²) in [7, 11) is 1.68. The minimum atomic E-state index is -0.257. The number of nitrogens with one attached hydrogen (secondary N) is 1. The van der Waals surface area contributed by atoms with Crippen LogP contribution in [0.2, 0.25) is 0 Å². The van der Waals surface area contributed by atoms with Crippen LogP contribution in [-0.2, 0) is 10.5 Å². The Morgan fingerprint density at radius 3 is 2.42 bits per heavy atom. The predicted molar refractivity (Wildman–Crippen MR) is 71.9 cm³/mol. The van der Waals surface area contributed by atoms with Gasteiger partial charge in [0.05, 0.1) is 13.2 Å². The summed E-state index contributed by atoms with van der Waals surface area (Å²) in [6.07, 6.45) is 0.253. The molecule has 2 fully saturated rings. The zero-order valence-corrected chi connectivity index (χ0v) is 10.7. The summed E-state index contributed by atoms with van der Waals surface area (Å²) in [5.74, 6) is 0.872. The lowest BCUT2D eigenvalue weighted by Gasteiger charge is -2.32. The van der Waals surface area contributed by atoms with Crippen LogP contribution in [0.15, 0.2) is 54.6 Å². The van der Waals surface area contributed by atoms with E-state index >= 15 is 0 Å². The van der Waals surface area contributed by atoms with E-state index in [0.29, 0.717) is 6.04 Å². The van der Waals surface area contributed by atoms with Crippen molar-refractivity contribution in [3.63, 3.8) is 0 Å². The molecule has 3 nitrogen and oxygen atoms in total. The van der Waals surface area contributed by atoms with Gasteiger partial charge in [0.1, 0.15) is 11.9 Å². The minimum Gasteiger partial charge on any atom is -0.497 e. The molecule has 0 radical (unpaired) electrons. The Labute approximate surface area is 112 Å². The molecule has 3 atom stereocenters. The van der Waals surface area contributed by atoms with Crippen LogP contribution in [0.1, 0.15) is 17.2 Å². The van der Waals surface area contributed by atoms with Gasteiger partial charge in [-0.3, -0.25) is 5.32 Å².